The van der Waals surface area contributed by atoms with Crippen LogP contribution in [0.1, 0.15) is 40.7 Å². The molecule has 40 heavy (non-hydrogen) atoms. The Labute approximate surface area is 234 Å². The van der Waals surface area contributed by atoms with Gasteiger partial charge in [-0.1, -0.05) is 24.3 Å². The topological polar surface area (TPSA) is 65.5 Å². The molecule has 2 heterocycles. The predicted octanol–water partition coefficient (Wildman–Crippen LogP) is 6.29. The van der Waals surface area contributed by atoms with Gasteiger partial charge in [0.2, 0.25) is 5.91 Å². The van der Waals surface area contributed by atoms with Crippen molar-refractivity contribution in [3.05, 3.63) is 95.4 Å². The lowest BCUT2D eigenvalue weighted by molar-refractivity contribution is -0.130. The van der Waals surface area contributed by atoms with Gasteiger partial charge < -0.3 is 10.2 Å². The summed E-state index contributed by atoms with van der Waals surface area (Å²) < 4.78 is 13.2. The van der Waals surface area contributed by atoms with Crippen LogP contribution < -0.4 is 5.32 Å². The summed E-state index contributed by atoms with van der Waals surface area (Å²) in [5.41, 5.74) is 6.05. The average Bonchev–Trinajstić information content (AvgIpc) is 2.95. The predicted molar refractivity (Wildman–Crippen MR) is 158 cm³/mol. The van der Waals surface area contributed by atoms with Crippen LogP contribution in [0.3, 0.4) is 0 Å². The van der Waals surface area contributed by atoms with E-state index < -0.39 is 0 Å². The van der Waals surface area contributed by atoms with Crippen molar-refractivity contribution in [1.82, 2.24) is 14.8 Å². The Kier molecular flexibility index (Phi) is 8.21. The zero-order valence-corrected chi connectivity index (χ0v) is 23.3. The van der Waals surface area contributed by atoms with E-state index in [1.165, 1.54) is 12.1 Å². The van der Waals surface area contributed by atoms with Crippen molar-refractivity contribution in [3.63, 3.8) is 0 Å². The van der Waals surface area contributed by atoms with E-state index in [1.807, 2.05) is 45.4 Å². The highest BCUT2D eigenvalue weighted by Gasteiger charge is 2.22. The lowest BCUT2D eigenvalue weighted by Gasteiger charge is -2.32. The molecule has 0 unspecified atom stereocenters. The number of halogens is 1. The van der Waals surface area contributed by atoms with Gasteiger partial charge in [0, 0.05) is 49.9 Å². The van der Waals surface area contributed by atoms with Crippen LogP contribution in [0.4, 0.5) is 10.1 Å². The summed E-state index contributed by atoms with van der Waals surface area (Å²) in [5.74, 6) is 0.204. The minimum absolute atomic E-state index is 0.194. The second kappa shape index (κ2) is 12.0. The number of likely N-dealkylation sites (tertiary alicyclic amines) is 1. The lowest BCUT2D eigenvalue weighted by atomic mass is 9.93. The van der Waals surface area contributed by atoms with Gasteiger partial charge >= 0.3 is 0 Å². The van der Waals surface area contributed by atoms with Crippen LogP contribution in [0, 0.1) is 18.7 Å². The molecule has 1 aliphatic rings. The molecular weight excluding hydrogens is 503 g/mol. The van der Waals surface area contributed by atoms with Crippen LogP contribution in [-0.2, 0) is 11.3 Å². The molecule has 7 heteroatoms. The second-order valence-electron chi connectivity index (χ2n) is 11.0. The van der Waals surface area contributed by atoms with Gasteiger partial charge in [-0.2, -0.15) is 0 Å². The molecule has 0 saturated carbocycles. The first-order valence-electron chi connectivity index (χ1n) is 13.7. The number of hydrogen-bond donors (Lipinski definition) is 1. The number of amides is 2. The number of aromatic nitrogens is 1. The van der Waals surface area contributed by atoms with Crippen molar-refractivity contribution in [2.24, 2.45) is 5.92 Å². The van der Waals surface area contributed by atoms with Crippen LogP contribution in [0.25, 0.3) is 22.0 Å². The normalized spacial score (nSPS) is 14.3. The zero-order chi connectivity index (χ0) is 28.2. The molecule has 1 fully saturated rings. The number of piperidine rings is 1. The van der Waals surface area contributed by atoms with E-state index in [2.05, 4.69) is 22.3 Å². The summed E-state index contributed by atoms with van der Waals surface area (Å²) in [6.07, 6.45) is 4.63. The van der Waals surface area contributed by atoms with Crippen LogP contribution in [0.15, 0.2) is 72.9 Å². The zero-order valence-electron chi connectivity index (χ0n) is 23.3. The average molecular weight is 539 g/mol. The van der Waals surface area contributed by atoms with Gasteiger partial charge in [-0.15, -0.1) is 0 Å². The Hall–Kier alpha value is -4.10. The monoisotopic (exact) mass is 538 g/mol. The van der Waals surface area contributed by atoms with Gasteiger partial charge in [0.15, 0.2) is 0 Å². The van der Waals surface area contributed by atoms with Crippen molar-refractivity contribution in [3.8, 4) is 11.1 Å². The maximum atomic E-state index is 13.2. The summed E-state index contributed by atoms with van der Waals surface area (Å²) in [6.45, 7) is 4.79. The number of hydrogen-bond acceptors (Lipinski definition) is 4. The summed E-state index contributed by atoms with van der Waals surface area (Å²) >= 11 is 0. The summed E-state index contributed by atoms with van der Waals surface area (Å²) in [4.78, 5) is 33.8. The number of benzene rings is 3. The van der Waals surface area contributed by atoms with E-state index in [0.717, 1.165) is 71.3 Å². The number of anilines is 1. The molecule has 3 aromatic carbocycles. The van der Waals surface area contributed by atoms with Gasteiger partial charge in [0.25, 0.3) is 5.91 Å². The van der Waals surface area contributed by atoms with Gasteiger partial charge in [-0.05, 0) is 103 Å². The number of nitrogens with zero attached hydrogens (tertiary/aromatic N) is 3. The number of nitrogens with one attached hydrogen (secondary N) is 1. The highest BCUT2D eigenvalue weighted by molar-refractivity contribution is 6.05. The first kappa shape index (κ1) is 27.5. The number of carbonyl (C=O) groups excluding carboxylic acids is 2. The van der Waals surface area contributed by atoms with E-state index in [0.29, 0.717) is 17.9 Å². The highest BCUT2D eigenvalue weighted by Crippen LogP contribution is 2.27. The molecule has 0 bridgehead atoms. The van der Waals surface area contributed by atoms with Crippen LogP contribution in [0.5, 0.6) is 0 Å². The third kappa shape index (κ3) is 6.54. The minimum atomic E-state index is -0.276. The largest absolute Gasteiger partial charge is 0.349 e. The summed E-state index contributed by atoms with van der Waals surface area (Å²) in [7, 11) is 3.64. The fourth-order valence-electron chi connectivity index (χ4n) is 5.24. The number of aryl methyl sites for hydroxylation is 1. The molecule has 206 valence electrons. The van der Waals surface area contributed by atoms with E-state index in [4.69, 9.17) is 4.98 Å². The number of fused-ring (bicyclic) bond motifs is 1. The van der Waals surface area contributed by atoms with Crippen molar-refractivity contribution in [2.45, 2.75) is 32.7 Å². The number of rotatable bonds is 7. The summed E-state index contributed by atoms with van der Waals surface area (Å²) in [5, 5.41) is 4.07. The van der Waals surface area contributed by atoms with Gasteiger partial charge in [-0.25, -0.2) is 4.39 Å². The third-order valence-electron chi connectivity index (χ3n) is 7.73. The SMILES string of the molecule is Cc1cc2cc(CN3CCC(CC(=O)N(C)C)CC3)cnc2cc1NC(=O)c1ccc(-c2ccc(F)cc2)cc1. The smallest absolute Gasteiger partial charge is 0.255 e. The van der Waals surface area contributed by atoms with Gasteiger partial charge in [0.05, 0.1) is 5.52 Å². The Morgan fingerprint density at radius 2 is 1.62 bits per heavy atom. The van der Waals surface area contributed by atoms with Crippen LogP contribution >= 0.6 is 0 Å². The molecule has 1 saturated heterocycles. The molecule has 5 rings (SSSR count). The number of pyridine rings is 1. The molecule has 6 nitrogen and oxygen atoms in total. The maximum Gasteiger partial charge on any atom is 0.255 e. The van der Waals surface area contributed by atoms with Crippen LogP contribution in [0.2, 0.25) is 0 Å². The van der Waals surface area contributed by atoms with Gasteiger partial charge in [0.1, 0.15) is 5.82 Å². The third-order valence-corrected chi connectivity index (χ3v) is 7.73. The van der Waals surface area contributed by atoms with E-state index in [1.54, 1.807) is 29.2 Å². The molecule has 1 N–H and O–H groups in total. The molecule has 1 aromatic heterocycles. The van der Waals surface area contributed by atoms with E-state index >= 15 is 0 Å². The Bertz CT molecular complexity index is 1510. The molecule has 1 aliphatic heterocycles. The first-order valence-corrected chi connectivity index (χ1v) is 13.7. The second-order valence-corrected chi connectivity index (χ2v) is 11.0. The van der Waals surface area contributed by atoms with Crippen molar-refractivity contribution >= 4 is 28.4 Å². The van der Waals surface area contributed by atoms with E-state index in [-0.39, 0.29) is 17.6 Å². The van der Waals surface area contributed by atoms with Crippen molar-refractivity contribution < 1.29 is 14.0 Å². The quantitative estimate of drug-likeness (QED) is 0.300. The van der Waals surface area contributed by atoms with E-state index in [9.17, 15) is 14.0 Å². The lowest BCUT2D eigenvalue weighted by Crippen LogP contribution is -2.35. The molecular formula is C33H35FN4O2. The number of carbonyl (C=O) groups is 2. The van der Waals surface area contributed by atoms with Crippen molar-refractivity contribution in [1.29, 1.82) is 0 Å². The minimum Gasteiger partial charge on any atom is -0.349 e. The molecule has 0 atom stereocenters. The fourth-order valence-corrected chi connectivity index (χ4v) is 5.24. The fraction of sp³-hybridized carbons (Fsp3) is 0.303. The first-order chi connectivity index (χ1) is 19.2. The molecule has 4 aromatic rings. The Morgan fingerprint density at radius 1 is 0.975 bits per heavy atom. The Morgan fingerprint density at radius 3 is 2.27 bits per heavy atom. The molecule has 0 spiro atoms. The molecule has 0 radical (unpaired) electrons. The molecule has 2 amide bonds. The van der Waals surface area contributed by atoms with Gasteiger partial charge in [-0.3, -0.25) is 19.5 Å². The summed E-state index contributed by atoms with van der Waals surface area (Å²) in [6, 6.07) is 19.7. The van der Waals surface area contributed by atoms with Crippen molar-refractivity contribution in [2.75, 3.05) is 32.5 Å². The molecule has 0 aliphatic carbocycles. The highest BCUT2D eigenvalue weighted by atomic mass is 19.1. The van der Waals surface area contributed by atoms with Crippen LogP contribution in [-0.4, -0.2) is 53.8 Å². The maximum absolute atomic E-state index is 13.2. The standard InChI is InChI=1S/C33H35FN4O2/c1-22-16-28-17-24(21-38-14-12-23(13-15-38)18-32(39)37(2)3)20-35-31(28)19-30(22)36-33(40)27-6-4-25(5-7-27)26-8-10-29(34)11-9-26/h4-11,16-17,19-20,23H,12-15,18,21H2,1-3H3,(H,36,40). The Balaban J connectivity index is 1.21.